The van der Waals surface area contributed by atoms with Gasteiger partial charge >= 0.3 is 0 Å². The van der Waals surface area contributed by atoms with Crippen LogP contribution in [0, 0.1) is 0 Å². The number of hydrogen-bond acceptors (Lipinski definition) is 4. The molecule has 0 spiro atoms. The molecule has 0 saturated carbocycles. The monoisotopic (exact) mass is 392 g/mol. The molecule has 1 aromatic carbocycles. The number of carbonyl (C=O) groups excluding carboxylic acids is 1. The first-order valence-corrected chi connectivity index (χ1v) is 9.13. The molecule has 0 saturated heterocycles. The van der Waals surface area contributed by atoms with Crippen molar-refractivity contribution in [2.45, 2.75) is 13.5 Å². The van der Waals surface area contributed by atoms with Crippen LogP contribution in [0.4, 0.5) is 0 Å². The van der Waals surface area contributed by atoms with Gasteiger partial charge in [0, 0.05) is 18.6 Å². The van der Waals surface area contributed by atoms with Gasteiger partial charge in [-0.25, -0.2) is 4.99 Å². The molecule has 7 nitrogen and oxygen atoms in total. The number of amides is 1. The molecule has 0 aliphatic carbocycles. The molecule has 2 N–H and O–H groups in total. The van der Waals surface area contributed by atoms with E-state index < -0.39 is 0 Å². The summed E-state index contributed by atoms with van der Waals surface area (Å²) in [7, 11) is 1.90. The largest absolute Gasteiger partial charge is 0.492 e. The van der Waals surface area contributed by atoms with Gasteiger partial charge in [-0.2, -0.15) is 0 Å². The zero-order chi connectivity index (χ0) is 19.5. The van der Waals surface area contributed by atoms with Crippen LogP contribution in [-0.2, 0) is 11.3 Å². The van der Waals surface area contributed by atoms with Gasteiger partial charge in [-0.3, -0.25) is 4.79 Å². The third kappa shape index (κ3) is 7.62. The van der Waals surface area contributed by atoms with Crippen molar-refractivity contribution in [1.82, 2.24) is 15.5 Å². The Kier molecular flexibility index (Phi) is 8.51. The summed E-state index contributed by atoms with van der Waals surface area (Å²) < 4.78 is 10.9. The second-order valence-corrected chi connectivity index (χ2v) is 6.19. The topological polar surface area (TPSA) is 79.1 Å². The van der Waals surface area contributed by atoms with E-state index in [0.29, 0.717) is 43.0 Å². The van der Waals surface area contributed by atoms with Crippen LogP contribution in [0.3, 0.4) is 0 Å². The molecule has 1 aromatic heterocycles. The molecular weight excluding hydrogens is 368 g/mol. The van der Waals surface area contributed by atoms with E-state index in [4.69, 9.17) is 20.8 Å². The summed E-state index contributed by atoms with van der Waals surface area (Å²) in [6, 6.07) is 10.8. The summed E-state index contributed by atoms with van der Waals surface area (Å²) in [6.45, 7) is 4.16. The van der Waals surface area contributed by atoms with Crippen molar-refractivity contribution in [3.63, 3.8) is 0 Å². The summed E-state index contributed by atoms with van der Waals surface area (Å²) in [4.78, 5) is 18.2. The van der Waals surface area contributed by atoms with Crippen molar-refractivity contribution in [2.24, 2.45) is 4.99 Å². The zero-order valence-electron chi connectivity index (χ0n) is 15.6. The van der Waals surface area contributed by atoms with E-state index in [1.807, 2.05) is 37.1 Å². The summed E-state index contributed by atoms with van der Waals surface area (Å²) in [5.74, 6) is 1.93. The van der Waals surface area contributed by atoms with Gasteiger partial charge < -0.3 is 24.7 Å². The van der Waals surface area contributed by atoms with Crippen molar-refractivity contribution in [3.8, 4) is 5.75 Å². The molecule has 0 aliphatic heterocycles. The van der Waals surface area contributed by atoms with Gasteiger partial charge in [0.15, 0.2) is 5.96 Å². The fraction of sp³-hybridized carbons (Fsp3) is 0.368. The fourth-order valence-corrected chi connectivity index (χ4v) is 2.33. The highest BCUT2D eigenvalue weighted by molar-refractivity contribution is 6.30. The first-order chi connectivity index (χ1) is 13.1. The van der Waals surface area contributed by atoms with Crippen LogP contribution in [0.2, 0.25) is 5.02 Å². The average molecular weight is 393 g/mol. The van der Waals surface area contributed by atoms with Gasteiger partial charge in [-0.05, 0) is 43.3 Å². The van der Waals surface area contributed by atoms with E-state index in [2.05, 4.69) is 15.6 Å². The van der Waals surface area contributed by atoms with Gasteiger partial charge in [0.25, 0.3) is 0 Å². The molecule has 27 heavy (non-hydrogen) atoms. The van der Waals surface area contributed by atoms with Crippen molar-refractivity contribution in [3.05, 3.63) is 53.4 Å². The van der Waals surface area contributed by atoms with Gasteiger partial charge in [0.1, 0.15) is 24.7 Å². The van der Waals surface area contributed by atoms with Crippen molar-refractivity contribution in [2.75, 3.05) is 33.3 Å². The SMILES string of the molecule is CCNC(=NCC(=O)NCc1ccco1)N(C)CCOc1ccc(Cl)cc1. The van der Waals surface area contributed by atoms with Gasteiger partial charge in [0.2, 0.25) is 5.91 Å². The van der Waals surface area contributed by atoms with Gasteiger partial charge in [0.05, 0.1) is 19.4 Å². The molecular formula is C19H25ClN4O3. The molecule has 146 valence electrons. The maximum absolute atomic E-state index is 12.0. The van der Waals surface area contributed by atoms with E-state index in [0.717, 1.165) is 5.75 Å². The van der Waals surface area contributed by atoms with Crippen LogP contribution in [0.1, 0.15) is 12.7 Å². The van der Waals surface area contributed by atoms with Crippen LogP contribution in [0.15, 0.2) is 52.1 Å². The summed E-state index contributed by atoms with van der Waals surface area (Å²) in [5, 5.41) is 6.61. The lowest BCUT2D eigenvalue weighted by Crippen LogP contribution is -2.41. The molecule has 0 fully saturated rings. The van der Waals surface area contributed by atoms with Gasteiger partial charge in [-0.15, -0.1) is 0 Å². The number of rotatable bonds is 9. The van der Waals surface area contributed by atoms with E-state index in [9.17, 15) is 4.79 Å². The summed E-state index contributed by atoms with van der Waals surface area (Å²) in [6.07, 6.45) is 1.57. The first kappa shape index (κ1) is 20.6. The molecule has 8 heteroatoms. The standard InChI is InChI=1S/C19H25ClN4O3/c1-3-21-19(23-14-18(25)22-13-17-5-4-11-26-17)24(2)10-12-27-16-8-6-15(20)7-9-16/h4-9,11H,3,10,12-14H2,1-2H3,(H,21,23)(H,22,25). The Labute approximate surface area is 164 Å². The predicted molar refractivity (Wildman–Crippen MR) is 106 cm³/mol. The minimum absolute atomic E-state index is 0.0332. The molecule has 0 radical (unpaired) electrons. The molecule has 0 bridgehead atoms. The predicted octanol–water partition coefficient (Wildman–Crippen LogP) is 2.53. The number of furan rings is 1. The lowest BCUT2D eigenvalue weighted by molar-refractivity contribution is -0.119. The average Bonchev–Trinajstić information content (AvgIpc) is 3.18. The van der Waals surface area contributed by atoms with Crippen molar-refractivity contribution < 1.29 is 13.9 Å². The van der Waals surface area contributed by atoms with Crippen LogP contribution < -0.4 is 15.4 Å². The maximum atomic E-state index is 12.0. The third-order valence-corrected chi connectivity index (χ3v) is 3.87. The van der Waals surface area contributed by atoms with Crippen LogP contribution in [0.5, 0.6) is 5.75 Å². The highest BCUT2D eigenvalue weighted by Gasteiger charge is 2.08. The third-order valence-electron chi connectivity index (χ3n) is 3.62. The summed E-state index contributed by atoms with van der Waals surface area (Å²) in [5.41, 5.74) is 0. The molecule has 0 unspecified atom stereocenters. The molecule has 1 heterocycles. The maximum Gasteiger partial charge on any atom is 0.242 e. The number of nitrogens with one attached hydrogen (secondary N) is 2. The number of aliphatic imine (C=N–C) groups is 1. The van der Waals surface area contributed by atoms with Crippen LogP contribution in [-0.4, -0.2) is 50.1 Å². The van der Waals surface area contributed by atoms with E-state index >= 15 is 0 Å². The number of guanidine groups is 1. The smallest absolute Gasteiger partial charge is 0.242 e. The van der Waals surface area contributed by atoms with E-state index in [1.165, 1.54) is 0 Å². The lowest BCUT2D eigenvalue weighted by atomic mass is 10.3. The number of ether oxygens (including phenoxy) is 1. The highest BCUT2D eigenvalue weighted by atomic mass is 35.5. The number of likely N-dealkylation sites (N-methyl/N-ethyl adjacent to an activating group) is 1. The highest BCUT2D eigenvalue weighted by Crippen LogP contribution is 2.15. The Hall–Kier alpha value is -2.67. The Bertz CT molecular complexity index is 717. The zero-order valence-corrected chi connectivity index (χ0v) is 16.3. The van der Waals surface area contributed by atoms with E-state index in [-0.39, 0.29) is 12.5 Å². The second kappa shape index (κ2) is 11.1. The molecule has 2 aromatic rings. The van der Waals surface area contributed by atoms with Crippen molar-refractivity contribution in [1.29, 1.82) is 0 Å². The second-order valence-electron chi connectivity index (χ2n) is 5.75. The van der Waals surface area contributed by atoms with Gasteiger partial charge in [-0.1, -0.05) is 11.6 Å². The molecule has 0 atom stereocenters. The Morgan fingerprint density at radius 2 is 2.04 bits per heavy atom. The molecule has 0 aliphatic rings. The van der Waals surface area contributed by atoms with E-state index in [1.54, 1.807) is 24.5 Å². The quantitative estimate of drug-likeness (QED) is 0.506. The molecule has 1 amide bonds. The van der Waals surface area contributed by atoms with Crippen LogP contribution in [0.25, 0.3) is 0 Å². The Balaban J connectivity index is 1.77. The lowest BCUT2D eigenvalue weighted by Gasteiger charge is -2.22. The fourth-order valence-electron chi connectivity index (χ4n) is 2.21. The number of hydrogen-bond donors (Lipinski definition) is 2. The number of benzene rings is 1. The van der Waals surface area contributed by atoms with Crippen molar-refractivity contribution >= 4 is 23.5 Å². The Morgan fingerprint density at radius 3 is 2.70 bits per heavy atom. The molecule has 2 rings (SSSR count). The minimum atomic E-state index is -0.174. The number of carbonyl (C=O) groups is 1. The summed E-state index contributed by atoms with van der Waals surface area (Å²) >= 11 is 5.86. The van der Waals surface area contributed by atoms with Crippen LogP contribution >= 0.6 is 11.6 Å². The minimum Gasteiger partial charge on any atom is -0.492 e. The normalized spacial score (nSPS) is 11.1. The number of halogens is 1. The first-order valence-electron chi connectivity index (χ1n) is 8.75. The Morgan fingerprint density at radius 1 is 1.26 bits per heavy atom. The number of nitrogens with zero attached hydrogens (tertiary/aromatic N) is 2.